The minimum absolute atomic E-state index is 0.0138. The summed E-state index contributed by atoms with van der Waals surface area (Å²) in [4.78, 5) is 30.7. The van der Waals surface area contributed by atoms with E-state index in [1.54, 1.807) is 0 Å². The molecule has 2 unspecified atom stereocenters. The van der Waals surface area contributed by atoms with Crippen molar-refractivity contribution in [3.63, 3.8) is 0 Å². The first-order chi connectivity index (χ1) is 32.8. The van der Waals surface area contributed by atoms with E-state index in [4.69, 9.17) is 18.9 Å². The number of likely N-dealkylation sites (N-methyl/N-ethyl adjacent to an activating group) is 1. The lowest BCUT2D eigenvalue weighted by Gasteiger charge is -2.33. The summed E-state index contributed by atoms with van der Waals surface area (Å²) in [6.07, 6.45) is 35.0. The van der Waals surface area contributed by atoms with Crippen molar-refractivity contribution >= 4 is 11.9 Å². The van der Waals surface area contributed by atoms with Crippen LogP contribution >= 0.6 is 0 Å². The van der Waals surface area contributed by atoms with Crippen molar-refractivity contribution in [2.24, 2.45) is 11.8 Å². The SMILES string of the molecule is CCCCCCCCC(CCCCCCCC)C(=O)OCCCCC(CCCCOC(=O)C(CCCCCCCC)CCCCCCCC)OC(O)NCCN(CCN(C)C)C(O)OC(C)(C)C. The quantitative estimate of drug-likeness (QED) is 0.0306. The maximum absolute atomic E-state index is 13.4. The fraction of sp³-hybridized carbons (Fsp3) is 0.965. The van der Waals surface area contributed by atoms with Crippen LogP contribution in [0, 0.1) is 11.8 Å². The first-order valence-electron chi connectivity index (χ1n) is 28.9. The van der Waals surface area contributed by atoms with Crippen LogP contribution in [0.3, 0.4) is 0 Å². The first-order valence-corrected chi connectivity index (χ1v) is 28.9. The van der Waals surface area contributed by atoms with Crippen molar-refractivity contribution in [3.05, 3.63) is 0 Å². The van der Waals surface area contributed by atoms with Crippen molar-refractivity contribution in [2.45, 2.75) is 291 Å². The lowest BCUT2D eigenvalue weighted by atomic mass is 9.94. The summed E-state index contributed by atoms with van der Waals surface area (Å²) in [7, 11) is 3.99. The van der Waals surface area contributed by atoms with Gasteiger partial charge >= 0.3 is 11.9 Å². The number of rotatable bonds is 51. The number of hydrogen-bond donors (Lipinski definition) is 3. The number of aliphatic hydroxyl groups is 2. The first kappa shape index (κ1) is 66.7. The Morgan fingerprint density at radius 3 is 1.19 bits per heavy atom. The van der Waals surface area contributed by atoms with Crippen LogP contribution in [0.4, 0.5) is 0 Å². The molecule has 0 aliphatic heterocycles. The van der Waals surface area contributed by atoms with Gasteiger partial charge in [0.1, 0.15) is 0 Å². The standard InChI is InChI=1S/C57H115N3O8/c1-10-14-18-22-26-30-38-50(39-31-27-23-19-15-11-2)53(61)65-48-36-34-42-52(67-55(63)58-44-45-60(47-46-59(8)9)56(64)68-57(5,6)7)43-35-37-49-66-54(62)51(40-32-28-24-20-16-12-3)41-33-29-25-21-17-13-4/h50-52,55-56,58,63-64H,10-49H2,1-9H3. The van der Waals surface area contributed by atoms with E-state index >= 15 is 0 Å². The highest BCUT2D eigenvalue weighted by atomic mass is 16.6. The van der Waals surface area contributed by atoms with Gasteiger partial charge in [-0.2, -0.15) is 0 Å². The fourth-order valence-corrected chi connectivity index (χ4v) is 8.87. The maximum atomic E-state index is 13.4. The largest absolute Gasteiger partial charge is 0.465 e. The number of esters is 2. The molecule has 0 aliphatic rings. The molecular weight excluding hydrogens is 855 g/mol. The summed E-state index contributed by atoms with van der Waals surface area (Å²) >= 11 is 0. The maximum Gasteiger partial charge on any atom is 0.308 e. The van der Waals surface area contributed by atoms with E-state index in [1.807, 2.05) is 39.8 Å². The van der Waals surface area contributed by atoms with E-state index in [0.29, 0.717) is 45.7 Å². The molecule has 0 radical (unpaired) electrons. The van der Waals surface area contributed by atoms with Crippen LogP contribution in [0.15, 0.2) is 0 Å². The number of nitrogens with zero attached hydrogens (tertiary/aromatic N) is 2. The van der Waals surface area contributed by atoms with Gasteiger partial charge in [0.05, 0.1) is 36.8 Å². The van der Waals surface area contributed by atoms with Gasteiger partial charge in [-0.3, -0.25) is 19.8 Å². The Kier molecular flexibility index (Phi) is 45.8. The number of aliphatic hydroxyl groups excluding tert-OH is 2. The van der Waals surface area contributed by atoms with Crippen molar-refractivity contribution in [3.8, 4) is 0 Å². The van der Waals surface area contributed by atoms with Crippen molar-refractivity contribution in [1.82, 2.24) is 15.1 Å². The molecule has 0 rings (SSSR count). The zero-order chi connectivity index (χ0) is 50.5. The van der Waals surface area contributed by atoms with Gasteiger partial charge in [-0.25, -0.2) is 0 Å². The molecule has 68 heavy (non-hydrogen) atoms. The van der Waals surface area contributed by atoms with Crippen molar-refractivity contribution in [2.75, 3.05) is 53.5 Å². The molecule has 3 N–H and O–H groups in total. The van der Waals surface area contributed by atoms with Crippen LogP contribution in [0.25, 0.3) is 0 Å². The topological polar surface area (TPSA) is 130 Å². The predicted octanol–water partition coefficient (Wildman–Crippen LogP) is 13.9. The Balaban J connectivity index is 5.46. The number of nitrogens with one attached hydrogen (secondary N) is 1. The van der Waals surface area contributed by atoms with E-state index < -0.39 is 18.4 Å². The second-order valence-electron chi connectivity index (χ2n) is 21.4. The Morgan fingerprint density at radius 1 is 0.485 bits per heavy atom. The van der Waals surface area contributed by atoms with Crippen molar-refractivity contribution in [1.29, 1.82) is 0 Å². The van der Waals surface area contributed by atoms with E-state index in [9.17, 15) is 19.8 Å². The van der Waals surface area contributed by atoms with Crippen LogP contribution in [-0.4, -0.2) is 110 Å². The lowest BCUT2D eigenvalue weighted by Crippen LogP contribution is -2.48. The van der Waals surface area contributed by atoms with E-state index in [2.05, 4.69) is 37.9 Å². The van der Waals surface area contributed by atoms with E-state index in [-0.39, 0.29) is 29.9 Å². The molecule has 0 heterocycles. The monoisotopic (exact) mass is 970 g/mol. The highest BCUT2D eigenvalue weighted by Gasteiger charge is 2.24. The van der Waals surface area contributed by atoms with Gasteiger partial charge in [0.15, 0.2) is 0 Å². The van der Waals surface area contributed by atoms with Gasteiger partial charge < -0.3 is 34.1 Å². The molecule has 11 heteroatoms. The normalized spacial score (nSPS) is 13.2. The van der Waals surface area contributed by atoms with Gasteiger partial charge in [0, 0.05) is 26.2 Å². The smallest absolute Gasteiger partial charge is 0.308 e. The molecule has 0 bridgehead atoms. The second-order valence-corrected chi connectivity index (χ2v) is 21.4. The Bertz CT molecular complexity index is 1020. The molecule has 0 amide bonds. The summed E-state index contributed by atoms with van der Waals surface area (Å²) in [6.45, 7) is 17.7. The second kappa shape index (κ2) is 46.7. The molecule has 2 atom stereocenters. The molecule has 0 aromatic heterocycles. The molecule has 11 nitrogen and oxygen atoms in total. The number of hydrogen-bond acceptors (Lipinski definition) is 11. The minimum Gasteiger partial charge on any atom is -0.465 e. The van der Waals surface area contributed by atoms with Crippen LogP contribution in [-0.2, 0) is 28.5 Å². The number of carbonyl (C=O) groups excluding carboxylic acids is 2. The summed E-state index contributed by atoms with van der Waals surface area (Å²) in [5.74, 6) is -0.0963. The summed E-state index contributed by atoms with van der Waals surface area (Å²) in [5, 5.41) is 25.1. The van der Waals surface area contributed by atoms with E-state index in [0.717, 1.165) is 83.6 Å². The number of ether oxygens (including phenoxy) is 4. The summed E-state index contributed by atoms with van der Waals surface area (Å²) < 4.78 is 24.0. The molecular formula is C57H115N3O8. The third kappa shape index (κ3) is 42.4. The molecule has 0 aromatic rings. The van der Waals surface area contributed by atoms with Crippen LogP contribution in [0.5, 0.6) is 0 Å². The van der Waals surface area contributed by atoms with Crippen molar-refractivity contribution < 1.29 is 38.7 Å². The van der Waals surface area contributed by atoms with E-state index in [1.165, 1.54) is 128 Å². The molecule has 0 aliphatic carbocycles. The Hall–Kier alpha value is -1.34. The molecule has 0 aromatic carbocycles. The zero-order valence-electron chi connectivity index (χ0n) is 46.4. The van der Waals surface area contributed by atoms with Gasteiger partial charge in [-0.15, -0.1) is 0 Å². The predicted molar refractivity (Wildman–Crippen MR) is 284 cm³/mol. The fourth-order valence-electron chi connectivity index (χ4n) is 8.87. The molecule has 0 fully saturated rings. The van der Waals surface area contributed by atoms with Gasteiger partial charge in [0.25, 0.3) is 0 Å². The Labute approximate surface area is 421 Å². The average Bonchev–Trinajstić information content (AvgIpc) is 3.29. The third-order valence-corrected chi connectivity index (χ3v) is 13.3. The van der Waals surface area contributed by atoms with Gasteiger partial charge in [-0.1, -0.05) is 182 Å². The van der Waals surface area contributed by atoms with Crippen LogP contribution < -0.4 is 5.32 Å². The lowest BCUT2D eigenvalue weighted by molar-refractivity contribution is -0.239. The summed E-state index contributed by atoms with van der Waals surface area (Å²) in [6, 6.07) is 0. The third-order valence-electron chi connectivity index (χ3n) is 13.3. The molecule has 0 saturated carbocycles. The molecule has 0 spiro atoms. The van der Waals surface area contributed by atoms with Crippen LogP contribution in [0.1, 0.15) is 267 Å². The Morgan fingerprint density at radius 2 is 0.838 bits per heavy atom. The highest BCUT2D eigenvalue weighted by Crippen LogP contribution is 2.24. The zero-order valence-corrected chi connectivity index (χ0v) is 46.4. The number of carbonyl (C=O) groups is 2. The summed E-state index contributed by atoms with van der Waals surface area (Å²) in [5.41, 5.74) is -0.513. The minimum atomic E-state index is -1.19. The molecule has 0 saturated heterocycles. The van der Waals surface area contributed by atoms with Crippen LogP contribution in [0.2, 0.25) is 0 Å². The van der Waals surface area contributed by atoms with Gasteiger partial charge in [-0.05, 0) is 99.1 Å². The number of unbranched alkanes of at least 4 members (excludes halogenated alkanes) is 22. The average molecular weight is 971 g/mol. The van der Waals surface area contributed by atoms with Gasteiger partial charge in [0.2, 0.25) is 12.8 Å². The highest BCUT2D eigenvalue weighted by molar-refractivity contribution is 5.72. The molecule has 406 valence electrons.